The third-order valence-electron chi connectivity index (χ3n) is 4.72. The number of thiophene rings is 1. The summed E-state index contributed by atoms with van der Waals surface area (Å²) in [5.41, 5.74) is 0.514. The van der Waals surface area contributed by atoms with Crippen molar-refractivity contribution in [1.82, 2.24) is 9.80 Å². The first-order valence-electron chi connectivity index (χ1n) is 9.05. The van der Waals surface area contributed by atoms with E-state index in [9.17, 15) is 14.7 Å². The Labute approximate surface area is 168 Å². The van der Waals surface area contributed by atoms with Crippen LogP contribution in [0.2, 0.25) is 0 Å². The lowest BCUT2D eigenvalue weighted by atomic mass is 9.99. The molecule has 1 aliphatic rings. The summed E-state index contributed by atoms with van der Waals surface area (Å²) in [5, 5.41) is 12.9. The number of rotatable bonds is 7. The highest BCUT2D eigenvalue weighted by molar-refractivity contribution is 7.10. The SMILES string of the molecule is COc1ccccc1/C(O)=C1/C(=O)C(=O)N(CCCN(C)C)C1c1cccs1. The molecular formula is C21H24N2O4S. The first kappa shape index (κ1) is 20.1. The second-order valence-corrected chi connectivity index (χ2v) is 7.84. The highest BCUT2D eigenvalue weighted by atomic mass is 32.1. The number of methoxy groups -OCH3 is 1. The fourth-order valence-corrected chi connectivity index (χ4v) is 4.24. The van der Waals surface area contributed by atoms with Crippen LogP contribution < -0.4 is 4.74 Å². The van der Waals surface area contributed by atoms with Crippen LogP contribution in [0.4, 0.5) is 0 Å². The van der Waals surface area contributed by atoms with Crippen molar-refractivity contribution in [3.8, 4) is 5.75 Å². The maximum absolute atomic E-state index is 12.9. The van der Waals surface area contributed by atoms with Crippen LogP contribution in [0.15, 0.2) is 47.4 Å². The molecule has 1 N–H and O–H groups in total. The molecule has 1 unspecified atom stereocenters. The van der Waals surface area contributed by atoms with Crippen LogP contribution in [0.5, 0.6) is 5.75 Å². The van der Waals surface area contributed by atoms with Crippen molar-refractivity contribution in [2.75, 3.05) is 34.3 Å². The van der Waals surface area contributed by atoms with Gasteiger partial charge in [-0.15, -0.1) is 11.3 Å². The molecule has 1 aromatic heterocycles. The van der Waals surface area contributed by atoms with Gasteiger partial charge in [0.25, 0.3) is 11.7 Å². The molecule has 0 radical (unpaired) electrons. The van der Waals surface area contributed by atoms with Gasteiger partial charge in [0.2, 0.25) is 0 Å². The summed E-state index contributed by atoms with van der Waals surface area (Å²) >= 11 is 1.46. The number of nitrogens with zero attached hydrogens (tertiary/aromatic N) is 2. The maximum atomic E-state index is 12.9. The Hall–Kier alpha value is -2.64. The molecule has 28 heavy (non-hydrogen) atoms. The molecular weight excluding hydrogens is 376 g/mol. The second-order valence-electron chi connectivity index (χ2n) is 6.87. The van der Waals surface area contributed by atoms with Gasteiger partial charge in [-0.2, -0.15) is 0 Å². The molecule has 1 saturated heterocycles. The minimum Gasteiger partial charge on any atom is -0.507 e. The predicted octanol–water partition coefficient (Wildman–Crippen LogP) is 3.13. The van der Waals surface area contributed by atoms with Gasteiger partial charge < -0.3 is 19.6 Å². The van der Waals surface area contributed by atoms with Gasteiger partial charge in [-0.1, -0.05) is 18.2 Å². The van der Waals surface area contributed by atoms with E-state index in [0.717, 1.165) is 17.8 Å². The lowest BCUT2D eigenvalue weighted by Crippen LogP contribution is -2.32. The van der Waals surface area contributed by atoms with Crippen molar-refractivity contribution < 1.29 is 19.4 Å². The molecule has 2 aromatic rings. The molecule has 6 nitrogen and oxygen atoms in total. The molecule has 7 heteroatoms. The van der Waals surface area contributed by atoms with Gasteiger partial charge in [-0.25, -0.2) is 0 Å². The average Bonchev–Trinajstić information content (AvgIpc) is 3.29. The van der Waals surface area contributed by atoms with E-state index >= 15 is 0 Å². The number of carbonyl (C=O) groups excluding carboxylic acids is 2. The van der Waals surface area contributed by atoms with E-state index < -0.39 is 17.7 Å². The van der Waals surface area contributed by atoms with E-state index in [-0.39, 0.29) is 11.3 Å². The number of likely N-dealkylation sites (tertiary alicyclic amines) is 1. The summed E-state index contributed by atoms with van der Waals surface area (Å²) in [6.45, 7) is 1.24. The van der Waals surface area contributed by atoms with Gasteiger partial charge in [-0.05, 0) is 50.6 Å². The van der Waals surface area contributed by atoms with Gasteiger partial charge in [-0.3, -0.25) is 9.59 Å². The molecule has 0 aliphatic carbocycles. The molecule has 2 heterocycles. The van der Waals surface area contributed by atoms with Crippen molar-refractivity contribution in [1.29, 1.82) is 0 Å². The number of para-hydroxylation sites is 1. The van der Waals surface area contributed by atoms with Crippen LogP contribution in [-0.4, -0.2) is 60.9 Å². The minimum absolute atomic E-state index is 0.113. The Morgan fingerprint density at radius 2 is 1.96 bits per heavy atom. The number of hydrogen-bond donors (Lipinski definition) is 1. The molecule has 1 fully saturated rings. The van der Waals surface area contributed by atoms with E-state index in [1.54, 1.807) is 29.2 Å². The summed E-state index contributed by atoms with van der Waals surface area (Å²) in [4.78, 5) is 30.1. The standard InChI is InChI=1S/C21H24N2O4S/c1-22(2)11-7-12-23-18(16-10-6-13-28-16)17(20(25)21(23)26)19(24)14-8-4-5-9-15(14)27-3/h4-6,8-10,13,18,24H,7,11-12H2,1-3H3/b19-17-. The molecule has 1 amide bonds. The number of aliphatic hydroxyl groups is 1. The number of benzene rings is 1. The third-order valence-corrected chi connectivity index (χ3v) is 5.64. The van der Waals surface area contributed by atoms with Gasteiger partial charge in [0, 0.05) is 11.4 Å². The smallest absolute Gasteiger partial charge is 0.295 e. The van der Waals surface area contributed by atoms with Crippen molar-refractivity contribution in [3.05, 3.63) is 57.8 Å². The van der Waals surface area contributed by atoms with Gasteiger partial charge in [0.1, 0.15) is 11.5 Å². The maximum Gasteiger partial charge on any atom is 0.295 e. The van der Waals surface area contributed by atoms with Crippen molar-refractivity contribution >= 4 is 28.8 Å². The zero-order chi connectivity index (χ0) is 20.3. The first-order chi connectivity index (χ1) is 13.5. The molecule has 1 aliphatic heterocycles. The topological polar surface area (TPSA) is 70.1 Å². The number of aliphatic hydroxyl groups excluding tert-OH is 1. The lowest BCUT2D eigenvalue weighted by molar-refractivity contribution is -0.139. The van der Waals surface area contributed by atoms with Crippen LogP contribution in [0, 0.1) is 0 Å². The Balaban J connectivity index is 2.08. The summed E-state index contributed by atoms with van der Waals surface area (Å²) < 4.78 is 5.33. The zero-order valence-corrected chi connectivity index (χ0v) is 17.0. The van der Waals surface area contributed by atoms with E-state index in [1.807, 2.05) is 36.5 Å². The molecule has 0 saturated carbocycles. The molecule has 0 bridgehead atoms. The molecule has 1 aromatic carbocycles. The van der Waals surface area contributed by atoms with Crippen molar-refractivity contribution in [3.63, 3.8) is 0 Å². The summed E-state index contributed by atoms with van der Waals surface area (Å²) in [7, 11) is 5.43. The largest absolute Gasteiger partial charge is 0.507 e. The number of carbonyl (C=O) groups is 2. The third kappa shape index (κ3) is 3.81. The predicted molar refractivity (Wildman–Crippen MR) is 109 cm³/mol. The van der Waals surface area contributed by atoms with Gasteiger partial charge >= 0.3 is 0 Å². The monoisotopic (exact) mass is 400 g/mol. The Kier molecular flexibility index (Phi) is 6.16. The quantitative estimate of drug-likeness (QED) is 0.439. The molecule has 148 valence electrons. The average molecular weight is 401 g/mol. The van der Waals surface area contributed by atoms with Gasteiger partial charge in [0.15, 0.2) is 0 Å². The first-order valence-corrected chi connectivity index (χ1v) is 9.93. The number of hydrogen-bond acceptors (Lipinski definition) is 6. The Morgan fingerprint density at radius 3 is 2.61 bits per heavy atom. The summed E-state index contributed by atoms with van der Waals surface area (Å²) in [5.74, 6) is -0.992. The summed E-state index contributed by atoms with van der Waals surface area (Å²) in [6.07, 6.45) is 0.733. The Bertz CT molecular complexity index is 890. The fraction of sp³-hybridized carbons (Fsp3) is 0.333. The van der Waals surface area contributed by atoms with E-state index in [4.69, 9.17) is 4.74 Å². The van der Waals surface area contributed by atoms with Crippen molar-refractivity contribution in [2.45, 2.75) is 12.5 Å². The Morgan fingerprint density at radius 1 is 1.21 bits per heavy atom. The van der Waals surface area contributed by atoms with Crippen LogP contribution in [0.25, 0.3) is 5.76 Å². The van der Waals surface area contributed by atoms with Crippen LogP contribution in [0.1, 0.15) is 22.9 Å². The molecule has 1 atom stereocenters. The highest BCUT2D eigenvalue weighted by Gasteiger charge is 2.46. The normalized spacial score (nSPS) is 18.9. The molecule has 3 rings (SSSR count). The lowest BCUT2D eigenvalue weighted by Gasteiger charge is -2.24. The minimum atomic E-state index is -0.661. The van der Waals surface area contributed by atoms with E-state index in [1.165, 1.54) is 18.4 Å². The van der Waals surface area contributed by atoms with Gasteiger partial charge in [0.05, 0.1) is 24.3 Å². The van der Waals surface area contributed by atoms with Crippen LogP contribution in [0.3, 0.4) is 0 Å². The fourth-order valence-electron chi connectivity index (χ4n) is 3.40. The second kappa shape index (κ2) is 8.58. The number of Topliss-reactive ketones (excluding diaryl/α,β-unsaturated/α-hetero) is 1. The van der Waals surface area contributed by atoms with Crippen LogP contribution >= 0.6 is 11.3 Å². The number of ketones is 1. The number of amides is 1. The van der Waals surface area contributed by atoms with E-state index in [2.05, 4.69) is 0 Å². The highest BCUT2D eigenvalue weighted by Crippen LogP contribution is 2.42. The summed E-state index contributed by atoms with van der Waals surface area (Å²) in [6, 6.07) is 10.1. The van der Waals surface area contributed by atoms with Crippen LogP contribution in [-0.2, 0) is 9.59 Å². The number of ether oxygens (including phenoxy) is 1. The van der Waals surface area contributed by atoms with E-state index in [0.29, 0.717) is 17.9 Å². The van der Waals surface area contributed by atoms with Crippen molar-refractivity contribution in [2.24, 2.45) is 0 Å². The molecule has 0 spiro atoms. The zero-order valence-electron chi connectivity index (χ0n) is 16.2.